The van der Waals surface area contributed by atoms with E-state index in [0.29, 0.717) is 17.1 Å². The van der Waals surface area contributed by atoms with Crippen LogP contribution in [-0.2, 0) is 0 Å². The Morgan fingerprint density at radius 2 is 1.74 bits per heavy atom. The Morgan fingerprint density at radius 3 is 2.26 bits per heavy atom. The maximum Gasteiger partial charge on any atom is 0.252 e. The maximum absolute atomic E-state index is 12.7. The van der Waals surface area contributed by atoms with Crippen molar-refractivity contribution >= 4 is 5.91 Å². The summed E-state index contributed by atoms with van der Waals surface area (Å²) in [4.78, 5) is 16.6. The molecule has 1 atom stereocenters. The Labute approximate surface area is 158 Å². The summed E-state index contributed by atoms with van der Waals surface area (Å²) in [7, 11) is 3.14. The van der Waals surface area contributed by atoms with E-state index in [4.69, 9.17) is 9.47 Å². The highest BCUT2D eigenvalue weighted by Crippen LogP contribution is 2.29. The van der Waals surface area contributed by atoms with E-state index < -0.39 is 0 Å². The molecule has 0 fully saturated rings. The predicted octanol–water partition coefficient (Wildman–Crippen LogP) is 3.08. The zero-order chi connectivity index (χ0) is 19.4. The molecule has 140 valence electrons. The van der Waals surface area contributed by atoms with Crippen LogP contribution in [-0.4, -0.2) is 34.9 Å². The molecule has 3 rings (SSSR count). The molecule has 1 aromatic heterocycles. The molecule has 7 nitrogen and oxygen atoms in total. The molecule has 1 N–H and O–H groups in total. The predicted molar refractivity (Wildman–Crippen MR) is 102 cm³/mol. The number of nitrogens with one attached hydrogen (secondary N) is 1. The van der Waals surface area contributed by atoms with E-state index in [-0.39, 0.29) is 11.9 Å². The van der Waals surface area contributed by atoms with Crippen LogP contribution in [0.25, 0.3) is 5.69 Å². The van der Waals surface area contributed by atoms with Crippen molar-refractivity contribution in [1.29, 1.82) is 0 Å². The van der Waals surface area contributed by atoms with Gasteiger partial charge in [-0.1, -0.05) is 12.1 Å². The first-order chi connectivity index (χ1) is 13.0. The second kappa shape index (κ2) is 7.90. The minimum absolute atomic E-state index is 0.166. The first-order valence-corrected chi connectivity index (χ1v) is 8.52. The van der Waals surface area contributed by atoms with Gasteiger partial charge in [-0.3, -0.25) is 4.79 Å². The summed E-state index contributed by atoms with van der Waals surface area (Å²) >= 11 is 0. The van der Waals surface area contributed by atoms with Gasteiger partial charge in [0.25, 0.3) is 5.91 Å². The van der Waals surface area contributed by atoms with Crippen LogP contribution >= 0.6 is 0 Å². The van der Waals surface area contributed by atoms with Gasteiger partial charge in [0.1, 0.15) is 24.2 Å². The van der Waals surface area contributed by atoms with Crippen LogP contribution in [0.5, 0.6) is 11.5 Å². The molecular weight excluding hydrogens is 344 g/mol. The van der Waals surface area contributed by atoms with Crippen molar-refractivity contribution in [3.8, 4) is 17.2 Å². The standard InChI is InChI=1S/C20H22N4O3/c1-13-18(26-3)9-16(10-19(13)27-4)20(25)23-14(2)15-5-7-17(8-6-15)24-12-21-11-22-24/h5-12,14H,1-4H3,(H,23,25)/t14-/m0/s1. The molecule has 27 heavy (non-hydrogen) atoms. The molecule has 0 radical (unpaired) electrons. The average Bonchev–Trinajstić information content (AvgIpc) is 3.23. The van der Waals surface area contributed by atoms with Crippen molar-refractivity contribution in [3.05, 3.63) is 65.7 Å². The van der Waals surface area contributed by atoms with E-state index in [1.165, 1.54) is 6.33 Å². The Hall–Kier alpha value is -3.35. The SMILES string of the molecule is COc1cc(C(=O)N[C@@H](C)c2ccc(-n3cncn3)cc2)cc(OC)c1C. The number of benzene rings is 2. The monoisotopic (exact) mass is 366 g/mol. The summed E-state index contributed by atoms with van der Waals surface area (Å²) in [5, 5.41) is 7.10. The lowest BCUT2D eigenvalue weighted by atomic mass is 10.1. The zero-order valence-electron chi connectivity index (χ0n) is 15.8. The van der Waals surface area contributed by atoms with Crippen LogP contribution in [0.4, 0.5) is 0 Å². The third-order valence-electron chi connectivity index (χ3n) is 4.44. The van der Waals surface area contributed by atoms with Crippen molar-refractivity contribution in [2.45, 2.75) is 19.9 Å². The highest BCUT2D eigenvalue weighted by atomic mass is 16.5. The summed E-state index contributed by atoms with van der Waals surface area (Å²) in [6.07, 6.45) is 3.12. The minimum Gasteiger partial charge on any atom is -0.496 e. The molecular formula is C20H22N4O3. The van der Waals surface area contributed by atoms with Gasteiger partial charge in [0.05, 0.1) is 25.9 Å². The molecule has 0 saturated carbocycles. The number of hydrogen-bond acceptors (Lipinski definition) is 5. The van der Waals surface area contributed by atoms with Crippen LogP contribution in [0, 0.1) is 6.92 Å². The van der Waals surface area contributed by atoms with E-state index >= 15 is 0 Å². The van der Waals surface area contributed by atoms with Gasteiger partial charge < -0.3 is 14.8 Å². The van der Waals surface area contributed by atoms with Gasteiger partial charge in [-0.2, -0.15) is 5.10 Å². The van der Waals surface area contributed by atoms with Gasteiger partial charge in [-0.25, -0.2) is 9.67 Å². The fourth-order valence-corrected chi connectivity index (χ4v) is 2.84. The molecule has 2 aromatic carbocycles. The molecule has 1 amide bonds. The second-order valence-corrected chi connectivity index (χ2v) is 6.13. The third-order valence-corrected chi connectivity index (χ3v) is 4.44. The van der Waals surface area contributed by atoms with E-state index in [2.05, 4.69) is 15.4 Å². The zero-order valence-corrected chi connectivity index (χ0v) is 15.8. The molecule has 3 aromatic rings. The van der Waals surface area contributed by atoms with Gasteiger partial charge in [0.2, 0.25) is 0 Å². The lowest BCUT2D eigenvalue weighted by Gasteiger charge is -2.17. The summed E-state index contributed by atoms with van der Waals surface area (Å²) in [6.45, 7) is 3.82. The lowest BCUT2D eigenvalue weighted by Crippen LogP contribution is -2.26. The molecule has 0 aliphatic rings. The Bertz CT molecular complexity index is 896. The molecule has 0 bridgehead atoms. The highest BCUT2D eigenvalue weighted by Gasteiger charge is 2.16. The number of carbonyl (C=O) groups excluding carboxylic acids is 1. The molecule has 1 heterocycles. The van der Waals surface area contributed by atoms with Gasteiger partial charge in [-0.05, 0) is 43.7 Å². The number of methoxy groups -OCH3 is 2. The minimum atomic E-state index is -0.195. The molecule has 7 heteroatoms. The summed E-state index contributed by atoms with van der Waals surface area (Å²) in [5.41, 5.74) is 3.23. The number of nitrogens with zero attached hydrogens (tertiary/aromatic N) is 3. The molecule has 0 unspecified atom stereocenters. The number of carbonyl (C=O) groups is 1. The number of hydrogen-bond donors (Lipinski definition) is 1. The number of aromatic nitrogens is 3. The van der Waals surface area contributed by atoms with Crippen LogP contribution in [0.2, 0.25) is 0 Å². The van der Waals surface area contributed by atoms with E-state index in [1.54, 1.807) is 37.4 Å². The van der Waals surface area contributed by atoms with E-state index in [1.807, 2.05) is 38.1 Å². The average molecular weight is 366 g/mol. The van der Waals surface area contributed by atoms with Crippen molar-refractivity contribution in [2.75, 3.05) is 14.2 Å². The van der Waals surface area contributed by atoms with Gasteiger partial charge >= 0.3 is 0 Å². The van der Waals surface area contributed by atoms with E-state index in [9.17, 15) is 4.79 Å². The highest BCUT2D eigenvalue weighted by molar-refractivity contribution is 5.95. The van der Waals surface area contributed by atoms with Crippen molar-refractivity contribution < 1.29 is 14.3 Å². The molecule has 0 aliphatic carbocycles. The quantitative estimate of drug-likeness (QED) is 0.725. The topological polar surface area (TPSA) is 78.3 Å². The van der Waals surface area contributed by atoms with Crippen molar-refractivity contribution in [2.24, 2.45) is 0 Å². The van der Waals surface area contributed by atoms with Crippen LogP contribution in [0.15, 0.2) is 49.1 Å². The van der Waals surface area contributed by atoms with E-state index in [0.717, 1.165) is 16.8 Å². The molecule has 0 aliphatic heterocycles. The normalized spacial score (nSPS) is 11.7. The van der Waals surface area contributed by atoms with Crippen LogP contribution < -0.4 is 14.8 Å². The second-order valence-electron chi connectivity index (χ2n) is 6.13. The smallest absolute Gasteiger partial charge is 0.252 e. The fourth-order valence-electron chi connectivity index (χ4n) is 2.84. The Balaban J connectivity index is 1.76. The first kappa shape index (κ1) is 18.4. The molecule has 0 spiro atoms. The summed E-state index contributed by atoms with van der Waals surface area (Å²) < 4.78 is 12.4. The van der Waals surface area contributed by atoms with Gasteiger partial charge in [0.15, 0.2) is 0 Å². The largest absolute Gasteiger partial charge is 0.496 e. The Kier molecular flexibility index (Phi) is 5.40. The summed E-state index contributed by atoms with van der Waals surface area (Å²) in [6, 6.07) is 11.0. The van der Waals surface area contributed by atoms with Crippen molar-refractivity contribution in [3.63, 3.8) is 0 Å². The van der Waals surface area contributed by atoms with Crippen LogP contribution in [0.1, 0.15) is 34.5 Å². The third kappa shape index (κ3) is 3.92. The molecule has 0 saturated heterocycles. The van der Waals surface area contributed by atoms with Crippen molar-refractivity contribution in [1.82, 2.24) is 20.1 Å². The number of ether oxygens (including phenoxy) is 2. The Morgan fingerprint density at radius 1 is 1.11 bits per heavy atom. The van der Waals surface area contributed by atoms with Crippen LogP contribution in [0.3, 0.4) is 0 Å². The number of rotatable bonds is 6. The van der Waals surface area contributed by atoms with Gasteiger partial charge in [0, 0.05) is 11.1 Å². The summed E-state index contributed by atoms with van der Waals surface area (Å²) in [5.74, 6) is 1.04. The fraction of sp³-hybridized carbons (Fsp3) is 0.250. The lowest BCUT2D eigenvalue weighted by molar-refractivity contribution is 0.0939. The number of amides is 1. The maximum atomic E-state index is 12.7. The first-order valence-electron chi connectivity index (χ1n) is 8.52. The van der Waals surface area contributed by atoms with Gasteiger partial charge in [-0.15, -0.1) is 0 Å².